The Balaban J connectivity index is 1.94. The first kappa shape index (κ1) is 13.4. The molecule has 0 saturated carbocycles. The fraction of sp³-hybridized carbons (Fsp3) is 0.286. The van der Waals surface area contributed by atoms with Gasteiger partial charge in [-0.2, -0.15) is 0 Å². The Morgan fingerprint density at radius 1 is 1.32 bits per heavy atom. The second-order valence-corrected chi connectivity index (χ2v) is 4.25. The molecule has 0 bridgehead atoms. The molecule has 1 atom stereocenters. The Kier molecular flexibility index (Phi) is 4.41. The van der Waals surface area contributed by atoms with E-state index in [0.717, 1.165) is 11.1 Å². The van der Waals surface area contributed by atoms with E-state index < -0.39 is 0 Å². The van der Waals surface area contributed by atoms with Crippen LogP contribution in [0.25, 0.3) is 0 Å². The third-order valence-corrected chi connectivity index (χ3v) is 2.85. The van der Waals surface area contributed by atoms with Crippen LogP contribution in [0.15, 0.2) is 36.8 Å². The van der Waals surface area contributed by atoms with Crippen LogP contribution in [0.2, 0.25) is 0 Å². The summed E-state index contributed by atoms with van der Waals surface area (Å²) in [4.78, 5) is 7.97. The van der Waals surface area contributed by atoms with Gasteiger partial charge in [0.2, 0.25) is 5.88 Å². The van der Waals surface area contributed by atoms with Gasteiger partial charge in [-0.3, -0.25) is 4.98 Å². The number of hydrogen-bond donors (Lipinski definition) is 1. The van der Waals surface area contributed by atoms with Crippen LogP contribution < -0.4 is 10.1 Å². The average molecular weight is 261 g/mol. The summed E-state index contributed by atoms with van der Waals surface area (Å²) in [6.07, 6.45) is 4.61. The van der Waals surface area contributed by atoms with Crippen molar-refractivity contribution in [3.8, 4) is 5.88 Å². The van der Waals surface area contributed by atoms with Gasteiger partial charge in [-0.25, -0.2) is 9.37 Å². The van der Waals surface area contributed by atoms with Crippen molar-refractivity contribution in [2.24, 2.45) is 0 Å². The highest BCUT2D eigenvalue weighted by Gasteiger charge is 2.06. The molecule has 0 amide bonds. The quantitative estimate of drug-likeness (QED) is 0.898. The molecule has 0 spiro atoms. The summed E-state index contributed by atoms with van der Waals surface area (Å²) in [6, 6.07) is 5.25. The number of halogens is 1. The third kappa shape index (κ3) is 3.72. The lowest BCUT2D eigenvalue weighted by molar-refractivity contribution is 0.397. The van der Waals surface area contributed by atoms with Gasteiger partial charge < -0.3 is 10.1 Å². The summed E-state index contributed by atoms with van der Waals surface area (Å²) in [5.41, 5.74) is 1.86. The van der Waals surface area contributed by atoms with Gasteiger partial charge in [-0.05, 0) is 24.1 Å². The van der Waals surface area contributed by atoms with Crippen molar-refractivity contribution >= 4 is 0 Å². The Morgan fingerprint density at radius 3 is 2.79 bits per heavy atom. The summed E-state index contributed by atoms with van der Waals surface area (Å²) >= 11 is 0. The van der Waals surface area contributed by atoms with Gasteiger partial charge in [-0.1, -0.05) is 6.07 Å². The molecule has 2 rings (SSSR count). The maximum atomic E-state index is 13.1. The monoisotopic (exact) mass is 261 g/mol. The van der Waals surface area contributed by atoms with E-state index in [2.05, 4.69) is 15.3 Å². The van der Waals surface area contributed by atoms with E-state index in [4.69, 9.17) is 4.74 Å². The van der Waals surface area contributed by atoms with Gasteiger partial charge in [0.1, 0.15) is 5.82 Å². The number of methoxy groups -OCH3 is 1. The lowest BCUT2D eigenvalue weighted by Crippen LogP contribution is -2.18. The molecule has 19 heavy (non-hydrogen) atoms. The molecule has 2 aromatic rings. The van der Waals surface area contributed by atoms with Crippen LogP contribution in [0, 0.1) is 5.82 Å². The van der Waals surface area contributed by atoms with Crippen LogP contribution in [0.4, 0.5) is 4.39 Å². The molecule has 0 fully saturated rings. The number of nitrogens with one attached hydrogen (secondary N) is 1. The summed E-state index contributed by atoms with van der Waals surface area (Å²) in [5.74, 6) is 0.267. The zero-order valence-corrected chi connectivity index (χ0v) is 10.9. The van der Waals surface area contributed by atoms with Crippen LogP contribution in [0.3, 0.4) is 0 Å². The fourth-order valence-corrected chi connectivity index (χ4v) is 1.69. The van der Waals surface area contributed by atoms with Gasteiger partial charge in [0.25, 0.3) is 0 Å². The van der Waals surface area contributed by atoms with Crippen LogP contribution in [-0.2, 0) is 6.54 Å². The Morgan fingerprint density at radius 2 is 2.16 bits per heavy atom. The molecular weight excluding hydrogens is 245 g/mol. The van der Waals surface area contributed by atoms with Crippen LogP contribution >= 0.6 is 0 Å². The molecule has 1 unspecified atom stereocenters. The van der Waals surface area contributed by atoms with E-state index in [1.54, 1.807) is 19.5 Å². The molecule has 5 heteroatoms. The van der Waals surface area contributed by atoms with E-state index >= 15 is 0 Å². The van der Waals surface area contributed by atoms with E-state index in [1.807, 2.05) is 19.1 Å². The van der Waals surface area contributed by atoms with Crippen molar-refractivity contribution in [1.29, 1.82) is 0 Å². The van der Waals surface area contributed by atoms with E-state index in [-0.39, 0.29) is 11.9 Å². The maximum absolute atomic E-state index is 13.1. The largest absolute Gasteiger partial charge is 0.481 e. The Labute approximate surface area is 111 Å². The molecule has 100 valence electrons. The van der Waals surface area contributed by atoms with Crippen molar-refractivity contribution in [1.82, 2.24) is 15.3 Å². The van der Waals surface area contributed by atoms with Gasteiger partial charge in [0.15, 0.2) is 0 Å². The van der Waals surface area contributed by atoms with E-state index in [9.17, 15) is 4.39 Å². The Bertz CT molecular complexity index is 530. The van der Waals surface area contributed by atoms with Crippen LogP contribution in [0.5, 0.6) is 5.88 Å². The molecule has 0 saturated heterocycles. The van der Waals surface area contributed by atoms with Gasteiger partial charge in [0, 0.05) is 31.0 Å². The van der Waals surface area contributed by atoms with Crippen molar-refractivity contribution in [2.75, 3.05) is 7.11 Å². The van der Waals surface area contributed by atoms with Crippen molar-refractivity contribution in [3.63, 3.8) is 0 Å². The number of rotatable bonds is 5. The highest BCUT2D eigenvalue weighted by molar-refractivity contribution is 5.19. The highest BCUT2D eigenvalue weighted by atomic mass is 19.1. The molecule has 0 aliphatic heterocycles. The predicted octanol–water partition coefficient (Wildman–Crippen LogP) is 2.48. The summed E-state index contributed by atoms with van der Waals surface area (Å²) in [6.45, 7) is 2.61. The normalized spacial score (nSPS) is 12.2. The molecular formula is C14H16FN3O. The lowest BCUT2D eigenvalue weighted by Gasteiger charge is -2.13. The minimum Gasteiger partial charge on any atom is -0.481 e. The van der Waals surface area contributed by atoms with E-state index in [0.29, 0.717) is 12.4 Å². The van der Waals surface area contributed by atoms with Crippen molar-refractivity contribution in [3.05, 3.63) is 53.7 Å². The molecule has 0 aliphatic rings. The minimum absolute atomic E-state index is 0.0188. The van der Waals surface area contributed by atoms with Crippen LogP contribution in [-0.4, -0.2) is 17.1 Å². The summed E-state index contributed by atoms with van der Waals surface area (Å²) in [7, 11) is 1.58. The first-order valence-corrected chi connectivity index (χ1v) is 6.02. The topological polar surface area (TPSA) is 47.0 Å². The number of ether oxygens (including phenoxy) is 1. The highest BCUT2D eigenvalue weighted by Crippen LogP contribution is 2.13. The second kappa shape index (κ2) is 6.24. The standard InChI is InChI=1S/C14H16FN3O/c1-10(12-5-13(15)9-16-8-12)17-6-11-3-4-14(19-2)18-7-11/h3-5,7-10,17H,6H2,1-2H3. The first-order valence-electron chi connectivity index (χ1n) is 6.02. The molecule has 0 aliphatic carbocycles. The molecule has 0 aromatic carbocycles. The first-order chi connectivity index (χ1) is 9.19. The predicted molar refractivity (Wildman–Crippen MR) is 70.2 cm³/mol. The van der Waals surface area contributed by atoms with E-state index in [1.165, 1.54) is 12.3 Å². The molecule has 4 nitrogen and oxygen atoms in total. The zero-order valence-electron chi connectivity index (χ0n) is 10.9. The van der Waals surface area contributed by atoms with Crippen molar-refractivity contribution in [2.45, 2.75) is 19.5 Å². The Hall–Kier alpha value is -2.01. The average Bonchev–Trinajstić information content (AvgIpc) is 2.45. The second-order valence-electron chi connectivity index (χ2n) is 4.25. The lowest BCUT2D eigenvalue weighted by atomic mass is 10.1. The van der Waals surface area contributed by atoms with Gasteiger partial charge in [-0.15, -0.1) is 0 Å². The smallest absolute Gasteiger partial charge is 0.212 e. The maximum Gasteiger partial charge on any atom is 0.212 e. The minimum atomic E-state index is -0.322. The SMILES string of the molecule is COc1ccc(CNC(C)c2cncc(F)c2)cn1. The molecule has 0 radical (unpaired) electrons. The molecule has 2 aromatic heterocycles. The number of pyridine rings is 2. The van der Waals surface area contributed by atoms with Gasteiger partial charge >= 0.3 is 0 Å². The van der Waals surface area contributed by atoms with Crippen LogP contribution in [0.1, 0.15) is 24.1 Å². The molecule has 1 N–H and O–H groups in total. The van der Waals surface area contributed by atoms with Crippen molar-refractivity contribution < 1.29 is 9.13 Å². The zero-order chi connectivity index (χ0) is 13.7. The number of nitrogens with zero attached hydrogens (tertiary/aromatic N) is 2. The summed E-state index contributed by atoms with van der Waals surface area (Å²) < 4.78 is 18.1. The van der Waals surface area contributed by atoms with Gasteiger partial charge in [0.05, 0.1) is 13.3 Å². The number of aromatic nitrogens is 2. The fourth-order valence-electron chi connectivity index (χ4n) is 1.69. The third-order valence-electron chi connectivity index (χ3n) is 2.85. The molecule has 2 heterocycles. The summed E-state index contributed by atoms with van der Waals surface area (Å²) in [5, 5.41) is 3.29. The number of hydrogen-bond acceptors (Lipinski definition) is 4.